The third-order valence-corrected chi connectivity index (χ3v) is 5.11. The van der Waals surface area contributed by atoms with Crippen LogP contribution in [0.4, 0.5) is 0 Å². The summed E-state index contributed by atoms with van der Waals surface area (Å²) in [6.45, 7) is 3.64. The monoisotopic (exact) mass is 455 g/mol. The molecule has 0 bridgehead atoms. The van der Waals surface area contributed by atoms with Crippen LogP contribution in [0.2, 0.25) is 0 Å². The Hall–Kier alpha value is -1.83. The van der Waals surface area contributed by atoms with Crippen molar-refractivity contribution in [3.8, 4) is 5.75 Å². The molecule has 1 amide bonds. The molecule has 0 aliphatic carbocycles. The van der Waals surface area contributed by atoms with E-state index in [1.165, 1.54) is 0 Å². The average molecular weight is 456 g/mol. The Morgan fingerprint density at radius 3 is 2.30 bits per heavy atom. The van der Waals surface area contributed by atoms with E-state index in [-0.39, 0.29) is 49.2 Å². The number of nitrogens with zero attached hydrogens (tertiary/aromatic N) is 1. The highest BCUT2D eigenvalue weighted by Gasteiger charge is 2.23. The molecule has 2 unspecified atom stereocenters. The summed E-state index contributed by atoms with van der Waals surface area (Å²) in [5.41, 5.74) is 8.30. The van der Waals surface area contributed by atoms with Gasteiger partial charge in [-0.3, -0.25) is 9.69 Å². The molecule has 1 heterocycles. The lowest BCUT2D eigenvalue weighted by molar-refractivity contribution is -0.121. The normalized spacial score (nSPS) is 15.8. The molecule has 2 aromatic carbocycles. The molecule has 3 N–H and O–H groups in total. The standard InChI is InChI=1S/C22H29N3O3.2ClH/c1-27-19-9-7-18(8-10-19)21(25-11-13-28-14-12-25)16-24-22(26)15-20(23)17-5-3-2-4-6-17;;/h2-10,20-21H,11-16,23H2,1H3,(H,24,26);2*1H. The summed E-state index contributed by atoms with van der Waals surface area (Å²) in [7, 11) is 1.66. The van der Waals surface area contributed by atoms with Gasteiger partial charge in [0.1, 0.15) is 5.75 Å². The second-order valence-corrected chi connectivity index (χ2v) is 6.96. The SMILES string of the molecule is COc1ccc(C(CNC(=O)CC(N)c2ccccc2)N2CCOCC2)cc1.Cl.Cl. The van der Waals surface area contributed by atoms with Gasteiger partial charge in [0, 0.05) is 32.1 Å². The summed E-state index contributed by atoms with van der Waals surface area (Å²) >= 11 is 0. The molecule has 0 saturated carbocycles. The van der Waals surface area contributed by atoms with Crippen LogP contribution < -0.4 is 15.8 Å². The molecular weight excluding hydrogens is 425 g/mol. The van der Waals surface area contributed by atoms with E-state index in [0.717, 1.165) is 30.0 Å². The largest absolute Gasteiger partial charge is 0.497 e. The van der Waals surface area contributed by atoms with Gasteiger partial charge in [-0.2, -0.15) is 0 Å². The van der Waals surface area contributed by atoms with Gasteiger partial charge in [-0.25, -0.2) is 0 Å². The van der Waals surface area contributed by atoms with Gasteiger partial charge in [-0.15, -0.1) is 24.8 Å². The van der Waals surface area contributed by atoms with Crippen molar-refractivity contribution < 1.29 is 14.3 Å². The first-order valence-electron chi connectivity index (χ1n) is 9.70. The number of hydrogen-bond donors (Lipinski definition) is 2. The third-order valence-electron chi connectivity index (χ3n) is 5.11. The first kappa shape index (κ1) is 26.2. The van der Waals surface area contributed by atoms with Gasteiger partial charge in [0.2, 0.25) is 5.91 Å². The number of morpholine rings is 1. The predicted molar refractivity (Wildman–Crippen MR) is 124 cm³/mol. The minimum atomic E-state index is -0.302. The number of methoxy groups -OCH3 is 1. The number of ether oxygens (including phenoxy) is 2. The van der Waals surface area contributed by atoms with Crippen molar-refractivity contribution in [2.75, 3.05) is 40.0 Å². The predicted octanol–water partition coefficient (Wildman–Crippen LogP) is 3.12. The second kappa shape index (κ2) is 13.5. The molecule has 3 rings (SSSR count). The van der Waals surface area contributed by atoms with E-state index in [1.807, 2.05) is 42.5 Å². The zero-order valence-corrected chi connectivity index (χ0v) is 18.8. The Kier molecular flexibility index (Phi) is 11.8. The van der Waals surface area contributed by atoms with Gasteiger partial charge in [0.25, 0.3) is 0 Å². The number of nitrogens with one attached hydrogen (secondary N) is 1. The van der Waals surface area contributed by atoms with Crippen LogP contribution in [-0.2, 0) is 9.53 Å². The van der Waals surface area contributed by atoms with Crippen molar-refractivity contribution in [2.24, 2.45) is 5.73 Å². The lowest BCUT2D eigenvalue weighted by atomic mass is 10.0. The number of rotatable bonds is 8. The highest BCUT2D eigenvalue weighted by atomic mass is 35.5. The molecule has 8 heteroatoms. The van der Waals surface area contributed by atoms with E-state index < -0.39 is 0 Å². The Labute approximate surface area is 190 Å². The zero-order chi connectivity index (χ0) is 19.8. The molecule has 1 fully saturated rings. The van der Waals surface area contributed by atoms with E-state index in [4.69, 9.17) is 15.2 Å². The molecule has 1 saturated heterocycles. The summed E-state index contributed by atoms with van der Waals surface area (Å²) in [5.74, 6) is 0.783. The van der Waals surface area contributed by atoms with E-state index in [0.29, 0.717) is 19.8 Å². The summed E-state index contributed by atoms with van der Waals surface area (Å²) < 4.78 is 10.7. The molecule has 0 aromatic heterocycles. The smallest absolute Gasteiger partial charge is 0.221 e. The van der Waals surface area contributed by atoms with Gasteiger partial charge in [0.05, 0.1) is 26.4 Å². The molecule has 1 aliphatic heterocycles. The lowest BCUT2D eigenvalue weighted by Crippen LogP contribution is -2.44. The van der Waals surface area contributed by atoms with Crippen molar-refractivity contribution in [1.82, 2.24) is 10.2 Å². The molecule has 1 aliphatic rings. The Morgan fingerprint density at radius 1 is 1.07 bits per heavy atom. The van der Waals surface area contributed by atoms with Gasteiger partial charge >= 0.3 is 0 Å². The molecule has 0 spiro atoms. The zero-order valence-electron chi connectivity index (χ0n) is 17.2. The fraction of sp³-hybridized carbons (Fsp3) is 0.409. The quantitative estimate of drug-likeness (QED) is 0.639. The van der Waals surface area contributed by atoms with Crippen molar-refractivity contribution in [3.63, 3.8) is 0 Å². The van der Waals surface area contributed by atoms with Crippen LogP contribution in [0.1, 0.15) is 29.6 Å². The van der Waals surface area contributed by atoms with Crippen molar-refractivity contribution >= 4 is 30.7 Å². The molecule has 2 aromatic rings. The molecule has 2 atom stereocenters. The van der Waals surface area contributed by atoms with E-state index in [1.54, 1.807) is 7.11 Å². The first-order valence-corrected chi connectivity index (χ1v) is 9.70. The average Bonchev–Trinajstić information content (AvgIpc) is 2.75. The van der Waals surface area contributed by atoms with Crippen molar-refractivity contribution in [3.05, 3.63) is 65.7 Å². The molecular formula is C22H31Cl2N3O3. The topological polar surface area (TPSA) is 76.8 Å². The maximum absolute atomic E-state index is 12.5. The van der Waals surface area contributed by atoms with Gasteiger partial charge in [0.15, 0.2) is 0 Å². The maximum atomic E-state index is 12.5. The van der Waals surface area contributed by atoms with Crippen LogP contribution >= 0.6 is 24.8 Å². The summed E-state index contributed by atoms with van der Waals surface area (Å²) in [4.78, 5) is 14.8. The van der Waals surface area contributed by atoms with Crippen LogP contribution in [-0.4, -0.2) is 50.8 Å². The first-order chi connectivity index (χ1) is 13.7. The van der Waals surface area contributed by atoms with Crippen LogP contribution in [0.3, 0.4) is 0 Å². The summed E-state index contributed by atoms with van der Waals surface area (Å²) in [6, 6.07) is 17.5. The van der Waals surface area contributed by atoms with E-state index in [9.17, 15) is 4.79 Å². The van der Waals surface area contributed by atoms with Gasteiger partial charge < -0.3 is 20.5 Å². The van der Waals surface area contributed by atoms with Crippen LogP contribution in [0.25, 0.3) is 0 Å². The molecule has 166 valence electrons. The van der Waals surface area contributed by atoms with Crippen LogP contribution in [0.15, 0.2) is 54.6 Å². The summed E-state index contributed by atoms with van der Waals surface area (Å²) in [5, 5.41) is 3.08. The number of carbonyl (C=O) groups is 1. The Morgan fingerprint density at radius 2 is 1.70 bits per heavy atom. The van der Waals surface area contributed by atoms with Crippen LogP contribution in [0.5, 0.6) is 5.75 Å². The highest BCUT2D eigenvalue weighted by molar-refractivity contribution is 5.85. The molecule has 6 nitrogen and oxygen atoms in total. The fourth-order valence-electron chi connectivity index (χ4n) is 3.47. The Bertz CT molecular complexity index is 741. The van der Waals surface area contributed by atoms with E-state index in [2.05, 4.69) is 22.3 Å². The highest BCUT2D eigenvalue weighted by Crippen LogP contribution is 2.24. The molecule has 0 radical (unpaired) electrons. The third kappa shape index (κ3) is 7.45. The Balaban J connectivity index is 0.00000225. The maximum Gasteiger partial charge on any atom is 0.221 e. The van der Waals surface area contributed by atoms with Gasteiger partial charge in [-0.05, 0) is 23.3 Å². The number of halogens is 2. The second-order valence-electron chi connectivity index (χ2n) is 6.96. The van der Waals surface area contributed by atoms with E-state index >= 15 is 0 Å². The number of carbonyl (C=O) groups excluding carboxylic acids is 1. The number of hydrogen-bond acceptors (Lipinski definition) is 5. The number of nitrogens with two attached hydrogens (primary N) is 1. The summed E-state index contributed by atoms with van der Waals surface area (Å²) in [6.07, 6.45) is 0.266. The van der Waals surface area contributed by atoms with Crippen LogP contribution in [0, 0.1) is 0 Å². The molecule has 30 heavy (non-hydrogen) atoms. The van der Waals surface area contributed by atoms with Gasteiger partial charge in [-0.1, -0.05) is 42.5 Å². The number of amides is 1. The van der Waals surface area contributed by atoms with Crippen molar-refractivity contribution in [2.45, 2.75) is 18.5 Å². The number of benzene rings is 2. The fourth-order valence-corrected chi connectivity index (χ4v) is 3.47. The minimum absolute atomic E-state index is 0. The van der Waals surface area contributed by atoms with Crippen molar-refractivity contribution in [1.29, 1.82) is 0 Å². The minimum Gasteiger partial charge on any atom is -0.497 e. The lowest BCUT2D eigenvalue weighted by Gasteiger charge is -2.35.